The molecule has 6 nitrogen and oxygen atoms in total. The summed E-state index contributed by atoms with van der Waals surface area (Å²) in [6, 6.07) is 7.60. The Kier molecular flexibility index (Phi) is 4.84. The third-order valence-corrected chi connectivity index (χ3v) is 4.21. The minimum absolute atomic E-state index is 0.0757. The van der Waals surface area contributed by atoms with Crippen LogP contribution in [0.4, 0.5) is 0 Å². The molecule has 1 aromatic carbocycles. The lowest BCUT2D eigenvalue weighted by Crippen LogP contribution is -2.39. The third-order valence-electron chi connectivity index (χ3n) is 4.21. The van der Waals surface area contributed by atoms with Gasteiger partial charge in [-0.2, -0.15) is 0 Å². The highest BCUT2D eigenvalue weighted by Gasteiger charge is 2.26. The van der Waals surface area contributed by atoms with Gasteiger partial charge in [-0.1, -0.05) is 12.1 Å². The van der Waals surface area contributed by atoms with Gasteiger partial charge in [0, 0.05) is 19.2 Å². The first-order valence-electron chi connectivity index (χ1n) is 7.94. The molecule has 1 saturated heterocycles. The molecule has 1 fully saturated rings. The van der Waals surface area contributed by atoms with Gasteiger partial charge in [-0.25, -0.2) is 4.98 Å². The fourth-order valence-corrected chi connectivity index (χ4v) is 2.82. The number of rotatable bonds is 3. The van der Waals surface area contributed by atoms with E-state index in [1.54, 1.807) is 17.2 Å². The van der Waals surface area contributed by atoms with E-state index in [4.69, 9.17) is 4.74 Å². The van der Waals surface area contributed by atoms with E-state index in [1.807, 2.05) is 24.3 Å². The number of carbonyl (C=O) groups excluding carboxylic acids is 2. The Labute approximate surface area is 140 Å². The maximum Gasteiger partial charge on any atom is 0.308 e. The molecule has 6 heteroatoms. The fraction of sp³-hybridized carbons (Fsp3) is 0.333. The van der Waals surface area contributed by atoms with Crippen LogP contribution in [0.15, 0.2) is 36.5 Å². The lowest BCUT2D eigenvalue weighted by molar-refractivity contribution is -0.148. The molecule has 24 heavy (non-hydrogen) atoms. The highest BCUT2D eigenvalue weighted by molar-refractivity contribution is 5.92. The number of ether oxygens (including phenoxy) is 1. The van der Waals surface area contributed by atoms with Gasteiger partial charge in [-0.15, -0.1) is 0 Å². The maximum atomic E-state index is 12.3. The quantitative estimate of drug-likeness (QED) is 0.638. The van der Waals surface area contributed by atoms with E-state index in [0.717, 1.165) is 11.0 Å². The molecular formula is C18H19N3O3. The smallest absolute Gasteiger partial charge is 0.308 e. The molecular weight excluding hydrogens is 306 g/mol. The Hall–Kier alpha value is -2.76. The average molecular weight is 325 g/mol. The summed E-state index contributed by atoms with van der Waals surface area (Å²) in [7, 11) is 1.40. The van der Waals surface area contributed by atoms with E-state index < -0.39 is 0 Å². The predicted molar refractivity (Wildman–Crippen MR) is 89.9 cm³/mol. The highest BCUT2D eigenvalue weighted by atomic mass is 16.5. The molecule has 1 amide bonds. The summed E-state index contributed by atoms with van der Waals surface area (Å²) < 4.78 is 4.75. The Balaban J connectivity index is 1.61. The number of para-hydroxylation sites is 2. The second-order valence-corrected chi connectivity index (χ2v) is 5.74. The summed E-state index contributed by atoms with van der Waals surface area (Å²) in [4.78, 5) is 34.3. The van der Waals surface area contributed by atoms with Crippen molar-refractivity contribution >= 4 is 29.0 Å². The lowest BCUT2D eigenvalue weighted by Gasteiger charge is -2.29. The first-order valence-corrected chi connectivity index (χ1v) is 7.94. The summed E-state index contributed by atoms with van der Waals surface area (Å²) in [5.41, 5.74) is 2.27. The number of esters is 1. The van der Waals surface area contributed by atoms with Crippen molar-refractivity contribution in [2.75, 3.05) is 20.2 Å². The van der Waals surface area contributed by atoms with Crippen LogP contribution < -0.4 is 0 Å². The second-order valence-electron chi connectivity index (χ2n) is 5.74. The van der Waals surface area contributed by atoms with Crippen LogP contribution in [0.25, 0.3) is 17.1 Å². The fourth-order valence-electron chi connectivity index (χ4n) is 2.82. The maximum absolute atomic E-state index is 12.3. The number of fused-ring (bicyclic) bond motifs is 1. The number of likely N-dealkylation sites (tertiary alicyclic amines) is 1. The molecule has 0 aliphatic carbocycles. The first-order chi connectivity index (χ1) is 11.7. The normalized spacial score (nSPS) is 15.8. The van der Waals surface area contributed by atoms with Crippen LogP contribution in [0.1, 0.15) is 18.5 Å². The third kappa shape index (κ3) is 3.59. The number of aromatic nitrogens is 2. The van der Waals surface area contributed by atoms with E-state index in [0.29, 0.717) is 31.6 Å². The zero-order valence-corrected chi connectivity index (χ0v) is 13.5. The van der Waals surface area contributed by atoms with Gasteiger partial charge in [0.1, 0.15) is 0 Å². The Morgan fingerprint density at radius 3 is 2.62 bits per heavy atom. The summed E-state index contributed by atoms with van der Waals surface area (Å²) in [5, 5.41) is 0. The van der Waals surface area contributed by atoms with Crippen LogP contribution in [0.5, 0.6) is 0 Å². The molecule has 2 heterocycles. The molecule has 2 aromatic rings. The van der Waals surface area contributed by atoms with E-state index in [9.17, 15) is 9.59 Å². The number of methoxy groups -OCH3 is 1. The zero-order chi connectivity index (χ0) is 16.9. The van der Waals surface area contributed by atoms with Gasteiger partial charge in [0.25, 0.3) is 0 Å². The molecule has 0 spiro atoms. The molecule has 124 valence electrons. The second kappa shape index (κ2) is 7.21. The van der Waals surface area contributed by atoms with Crippen molar-refractivity contribution in [1.29, 1.82) is 0 Å². The SMILES string of the molecule is COC(=O)C1CCN(C(=O)/C=C/c2cnc3ccccc3n2)CC1. The minimum atomic E-state index is -0.191. The van der Waals surface area contributed by atoms with E-state index in [-0.39, 0.29) is 17.8 Å². The number of benzene rings is 1. The summed E-state index contributed by atoms with van der Waals surface area (Å²) >= 11 is 0. The molecule has 0 bridgehead atoms. The largest absolute Gasteiger partial charge is 0.469 e. The standard InChI is InChI=1S/C18H19N3O3/c1-24-18(23)13-8-10-21(11-9-13)17(22)7-6-14-12-19-15-4-2-3-5-16(15)20-14/h2-7,12-13H,8-11H2,1H3/b7-6+. The molecule has 1 aliphatic rings. The van der Waals surface area contributed by atoms with Crippen molar-refractivity contribution in [2.45, 2.75) is 12.8 Å². The number of nitrogens with zero attached hydrogens (tertiary/aromatic N) is 3. The predicted octanol–water partition coefficient (Wildman–Crippen LogP) is 2.05. The van der Waals surface area contributed by atoms with Crippen molar-refractivity contribution in [3.8, 4) is 0 Å². The van der Waals surface area contributed by atoms with Crippen molar-refractivity contribution < 1.29 is 14.3 Å². The molecule has 0 unspecified atom stereocenters. The molecule has 0 saturated carbocycles. The van der Waals surface area contributed by atoms with E-state index in [2.05, 4.69) is 9.97 Å². The summed E-state index contributed by atoms with van der Waals surface area (Å²) in [6.45, 7) is 1.12. The van der Waals surface area contributed by atoms with Gasteiger partial charge in [-0.3, -0.25) is 14.6 Å². The molecule has 0 radical (unpaired) electrons. The lowest BCUT2D eigenvalue weighted by atomic mass is 9.97. The average Bonchev–Trinajstić information content (AvgIpc) is 2.65. The molecule has 1 aliphatic heterocycles. The Bertz CT molecular complexity index is 780. The van der Waals surface area contributed by atoms with Crippen molar-refractivity contribution in [3.05, 3.63) is 42.2 Å². The molecule has 3 rings (SSSR count). The minimum Gasteiger partial charge on any atom is -0.469 e. The van der Waals surface area contributed by atoms with Crippen LogP contribution in [0.2, 0.25) is 0 Å². The number of amides is 1. The van der Waals surface area contributed by atoms with Crippen LogP contribution in [0.3, 0.4) is 0 Å². The van der Waals surface area contributed by atoms with Crippen molar-refractivity contribution in [1.82, 2.24) is 14.9 Å². The van der Waals surface area contributed by atoms with E-state index in [1.165, 1.54) is 13.2 Å². The van der Waals surface area contributed by atoms with Crippen molar-refractivity contribution in [2.24, 2.45) is 5.92 Å². The number of hydrogen-bond acceptors (Lipinski definition) is 5. The number of hydrogen-bond donors (Lipinski definition) is 0. The topological polar surface area (TPSA) is 72.4 Å². The summed E-state index contributed by atoms with van der Waals surface area (Å²) in [5.74, 6) is -0.369. The highest BCUT2D eigenvalue weighted by Crippen LogP contribution is 2.19. The van der Waals surface area contributed by atoms with E-state index >= 15 is 0 Å². The van der Waals surface area contributed by atoms with Crippen LogP contribution in [-0.4, -0.2) is 46.9 Å². The van der Waals surface area contributed by atoms with Gasteiger partial charge >= 0.3 is 5.97 Å². The number of piperidine rings is 1. The van der Waals surface area contributed by atoms with Gasteiger partial charge in [-0.05, 0) is 31.1 Å². The van der Waals surface area contributed by atoms with Gasteiger partial charge in [0.15, 0.2) is 0 Å². The van der Waals surface area contributed by atoms with Gasteiger partial charge < -0.3 is 9.64 Å². The Morgan fingerprint density at radius 1 is 1.21 bits per heavy atom. The zero-order valence-electron chi connectivity index (χ0n) is 13.5. The first kappa shape index (κ1) is 16.1. The number of carbonyl (C=O) groups is 2. The van der Waals surface area contributed by atoms with Crippen molar-refractivity contribution in [3.63, 3.8) is 0 Å². The van der Waals surface area contributed by atoms with Crippen LogP contribution in [0, 0.1) is 5.92 Å². The molecule has 0 atom stereocenters. The molecule has 1 aromatic heterocycles. The van der Waals surface area contributed by atoms with Gasteiger partial charge in [0.2, 0.25) is 5.91 Å². The van der Waals surface area contributed by atoms with Gasteiger partial charge in [0.05, 0.1) is 36.0 Å². The van der Waals surface area contributed by atoms with Crippen LogP contribution in [-0.2, 0) is 14.3 Å². The molecule has 0 N–H and O–H groups in total. The summed E-state index contributed by atoms with van der Waals surface area (Å²) in [6.07, 6.45) is 6.12. The monoisotopic (exact) mass is 325 g/mol. The van der Waals surface area contributed by atoms with Crippen LogP contribution >= 0.6 is 0 Å². The Morgan fingerprint density at radius 2 is 1.92 bits per heavy atom.